The van der Waals surface area contributed by atoms with E-state index in [2.05, 4.69) is 4.98 Å². The largest absolute Gasteiger partial charge is 0.368 e. The van der Waals surface area contributed by atoms with Crippen LogP contribution in [0.25, 0.3) is 0 Å². The molecule has 1 heterocycles. The zero-order chi connectivity index (χ0) is 14.3. The van der Waals surface area contributed by atoms with Gasteiger partial charge in [0, 0.05) is 12.5 Å². The van der Waals surface area contributed by atoms with Crippen molar-refractivity contribution in [2.45, 2.75) is 32.8 Å². The van der Waals surface area contributed by atoms with Crippen molar-refractivity contribution in [3.8, 4) is 6.07 Å². The molecule has 19 heavy (non-hydrogen) atoms. The number of nitriles is 1. The maximum Gasteiger partial charge on any atom is 0.178 e. The van der Waals surface area contributed by atoms with Gasteiger partial charge in [0.1, 0.15) is 11.7 Å². The number of ether oxygens (including phenoxy) is 1. The molecule has 2 rings (SSSR count). The standard InChI is InChI=1S/C14H16N2O2S/c1-9-12(19-8-16-9)14(18-4)5-10(6-15)11(17)13(2,3)7-14/h5,8H,7H2,1-4H3. The van der Waals surface area contributed by atoms with Crippen molar-refractivity contribution in [3.05, 3.63) is 27.7 Å². The summed E-state index contributed by atoms with van der Waals surface area (Å²) in [4.78, 5) is 17.4. The summed E-state index contributed by atoms with van der Waals surface area (Å²) in [6.07, 6.45) is 2.17. The number of allylic oxidation sites excluding steroid dienone is 1. The van der Waals surface area contributed by atoms with Gasteiger partial charge >= 0.3 is 0 Å². The molecule has 4 nitrogen and oxygen atoms in total. The van der Waals surface area contributed by atoms with Crippen molar-refractivity contribution in [1.82, 2.24) is 4.98 Å². The van der Waals surface area contributed by atoms with Crippen LogP contribution in [0.15, 0.2) is 17.2 Å². The van der Waals surface area contributed by atoms with E-state index in [1.165, 1.54) is 11.3 Å². The molecule has 0 amide bonds. The SMILES string of the molecule is COC1(c2scnc2C)C=C(C#N)C(=O)C(C)(C)C1. The summed E-state index contributed by atoms with van der Waals surface area (Å²) in [6, 6.07) is 2.00. The molecular formula is C14H16N2O2S. The van der Waals surface area contributed by atoms with E-state index < -0.39 is 11.0 Å². The van der Waals surface area contributed by atoms with Crippen LogP contribution in [0.5, 0.6) is 0 Å². The molecule has 1 aliphatic carbocycles. The minimum Gasteiger partial charge on any atom is -0.368 e. The summed E-state index contributed by atoms with van der Waals surface area (Å²) >= 11 is 1.49. The maximum atomic E-state index is 12.2. The van der Waals surface area contributed by atoms with Crippen LogP contribution in [-0.4, -0.2) is 17.9 Å². The summed E-state index contributed by atoms with van der Waals surface area (Å²) in [5.74, 6) is -0.121. The molecule has 1 unspecified atom stereocenters. The fourth-order valence-corrected chi connectivity index (χ4v) is 3.57. The smallest absolute Gasteiger partial charge is 0.178 e. The lowest BCUT2D eigenvalue weighted by molar-refractivity contribution is -0.128. The van der Waals surface area contributed by atoms with Crippen LogP contribution >= 0.6 is 11.3 Å². The summed E-state index contributed by atoms with van der Waals surface area (Å²) in [5, 5.41) is 9.18. The third-order valence-electron chi connectivity index (χ3n) is 3.56. The number of hydrogen-bond donors (Lipinski definition) is 0. The molecule has 0 N–H and O–H groups in total. The van der Waals surface area contributed by atoms with Gasteiger partial charge in [0.2, 0.25) is 0 Å². The molecule has 0 radical (unpaired) electrons. The molecular weight excluding hydrogens is 260 g/mol. The van der Waals surface area contributed by atoms with E-state index in [1.807, 2.05) is 26.8 Å². The Morgan fingerprint density at radius 2 is 2.21 bits per heavy atom. The van der Waals surface area contributed by atoms with Gasteiger partial charge in [-0.05, 0) is 19.4 Å². The number of rotatable bonds is 2. The molecule has 5 heteroatoms. The first-order valence-electron chi connectivity index (χ1n) is 6.00. The third-order valence-corrected chi connectivity index (χ3v) is 4.64. The van der Waals surface area contributed by atoms with Gasteiger partial charge in [-0.25, -0.2) is 4.98 Å². The lowest BCUT2D eigenvalue weighted by Gasteiger charge is -2.39. The molecule has 0 aromatic carbocycles. The Morgan fingerprint density at radius 1 is 1.53 bits per heavy atom. The number of aromatic nitrogens is 1. The maximum absolute atomic E-state index is 12.2. The highest BCUT2D eigenvalue weighted by atomic mass is 32.1. The monoisotopic (exact) mass is 276 g/mol. The summed E-state index contributed by atoms with van der Waals surface area (Å²) in [6.45, 7) is 5.61. The number of hydrogen-bond acceptors (Lipinski definition) is 5. The Morgan fingerprint density at radius 3 is 2.68 bits per heavy atom. The molecule has 1 atom stereocenters. The number of nitrogens with zero attached hydrogens (tertiary/aromatic N) is 2. The molecule has 0 aliphatic heterocycles. The number of aryl methyl sites for hydroxylation is 1. The minimum absolute atomic E-state index is 0.121. The quantitative estimate of drug-likeness (QED) is 0.833. The van der Waals surface area contributed by atoms with Crippen molar-refractivity contribution in [2.24, 2.45) is 5.41 Å². The minimum atomic E-state index is -0.728. The number of thiazole rings is 1. The predicted octanol–water partition coefficient (Wildman–Crippen LogP) is 2.74. The van der Waals surface area contributed by atoms with Crippen molar-refractivity contribution < 1.29 is 9.53 Å². The fraction of sp³-hybridized carbons (Fsp3) is 0.500. The molecule has 0 saturated carbocycles. The first kappa shape index (κ1) is 13.9. The topological polar surface area (TPSA) is 63.0 Å². The second-order valence-corrected chi connectivity index (χ2v) is 6.27. The Balaban J connectivity index is 2.65. The molecule has 100 valence electrons. The zero-order valence-corrected chi connectivity index (χ0v) is 12.3. The van der Waals surface area contributed by atoms with Crippen LogP contribution < -0.4 is 0 Å². The van der Waals surface area contributed by atoms with Gasteiger partial charge < -0.3 is 4.74 Å². The van der Waals surface area contributed by atoms with Crippen molar-refractivity contribution in [2.75, 3.05) is 7.11 Å². The van der Waals surface area contributed by atoms with Gasteiger partial charge in [0.15, 0.2) is 5.78 Å². The lowest BCUT2D eigenvalue weighted by atomic mass is 9.69. The van der Waals surface area contributed by atoms with E-state index in [0.29, 0.717) is 6.42 Å². The Hall–Kier alpha value is -1.51. The van der Waals surface area contributed by atoms with Gasteiger partial charge in [-0.3, -0.25) is 4.79 Å². The average molecular weight is 276 g/mol. The van der Waals surface area contributed by atoms with Crippen molar-refractivity contribution in [1.29, 1.82) is 5.26 Å². The third kappa shape index (κ3) is 2.11. The lowest BCUT2D eigenvalue weighted by Crippen LogP contribution is -2.42. The Kier molecular flexibility index (Phi) is 3.33. The van der Waals surface area contributed by atoms with Crippen LogP contribution in [0.3, 0.4) is 0 Å². The van der Waals surface area contributed by atoms with Crippen LogP contribution in [0, 0.1) is 23.7 Å². The second kappa shape index (κ2) is 4.55. The second-order valence-electron chi connectivity index (χ2n) is 5.42. The van der Waals surface area contributed by atoms with E-state index in [-0.39, 0.29) is 11.4 Å². The first-order valence-corrected chi connectivity index (χ1v) is 6.88. The summed E-state index contributed by atoms with van der Waals surface area (Å²) < 4.78 is 5.71. The van der Waals surface area contributed by atoms with Crippen LogP contribution in [0.1, 0.15) is 30.8 Å². The van der Waals surface area contributed by atoms with E-state index in [4.69, 9.17) is 4.74 Å². The molecule has 0 fully saturated rings. The van der Waals surface area contributed by atoms with Crippen LogP contribution in [0.2, 0.25) is 0 Å². The van der Waals surface area contributed by atoms with Gasteiger partial charge in [-0.1, -0.05) is 13.8 Å². The van der Waals surface area contributed by atoms with E-state index in [9.17, 15) is 10.1 Å². The molecule has 1 aliphatic rings. The summed E-state index contributed by atoms with van der Waals surface area (Å²) in [7, 11) is 1.61. The molecule has 0 saturated heterocycles. The van der Waals surface area contributed by atoms with Crippen molar-refractivity contribution >= 4 is 17.1 Å². The van der Waals surface area contributed by atoms with E-state index >= 15 is 0 Å². The van der Waals surface area contributed by atoms with Gasteiger partial charge in [0.05, 0.1) is 21.7 Å². The van der Waals surface area contributed by atoms with E-state index in [1.54, 1.807) is 18.7 Å². The molecule has 1 aromatic heterocycles. The van der Waals surface area contributed by atoms with Crippen molar-refractivity contribution in [3.63, 3.8) is 0 Å². The number of carbonyl (C=O) groups is 1. The molecule has 0 bridgehead atoms. The highest BCUT2D eigenvalue weighted by molar-refractivity contribution is 7.09. The fourth-order valence-electron chi connectivity index (χ4n) is 2.61. The Labute approximate surface area is 116 Å². The highest BCUT2D eigenvalue weighted by Crippen LogP contribution is 2.47. The van der Waals surface area contributed by atoms with Crippen LogP contribution in [0.4, 0.5) is 0 Å². The average Bonchev–Trinajstić information content (AvgIpc) is 2.79. The Bertz CT molecular complexity index is 595. The molecule has 0 spiro atoms. The number of Topliss-reactive ketones (excluding diaryl/α,β-unsaturated/α-hetero) is 1. The van der Waals surface area contributed by atoms with Gasteiger partial charge in [0.25, 0.3) is 0 Å². The zero-order valence-electron chi connectivity index (χ0n) is 11.5. The van der Waals surface area contributed by atoms with Gasteiger partial charge in [-0.2, -0.15) is 5.26 Å². The predicted molar refractivity (Wildman–Crippen MR) is 72.6 cm³/mol. The normalized spacial score (nSPS) is 25.8. The number of carbonyl (C=O) groups excluding carboxylic acids is 1. The summed E-state index contributed by atoms with van der Waals surface area (Å²) in [5.41, 5.74) is 1.46. The van der Waals surface area contributed by atoms with Gasteiger partial charge in [-0.15, -0.1) is 11.3 Å². The molecule has 1 aromatic rings. The van der Waals surface area contributed by atoms with E-state index in [0.717, 1.165) is 10.6 Å². The highest BCUT2D eigenvalue weighted by Gasteiger charge is 2.47. The first-order chi connectivity index (χ1) is 8.86. The number of methoxy groups -OCH3 is 1. The number of ketones is 1. The van der Waals surface area contributed by atoms with Crippen LogP contribution in [-0.2, 0) is 15.1 Å².